The summed E-state index contributed by atoms with van der Waals surface area (Å²) in [6.07, 6.45) is 0. The number of tetrazole rings is 1. The van der Waals surface area contributed by atoms with E-state index < -0.39 is 0 Å². The molecule has 7 nitrogen and oxygen atoms in total. The van der Waals surface area contributed by atoms with Crippen LogP contribution in [0.15, 0.2) is 22.7 Å². The Morgan fingerprint density at radius 3 is 2.79 bits per heavy atom. The first kappa shape index (κ1) is 17.4. The summed E-state index contributed by atoms with van der Waals surface area (Å²) in [5, 5.41) is 14.5. The van der Waals surface area contributed by atoms with Crippen molar-refractivity contribution in [3.05, 3.63) is 22.4 Å². The van der Waals surface area contributed by atoms with Crippen LogP contribution in [0.4, 0.5) is 0 Å². The number of aromatic nitrogens is 4. The largest absolute Gasteiger partial charge is 0.339 e. The monoisotopic (exact) mass is 366 g/mol. The molecule has 2 aromatic rings. The van der Waals surface area contributed by atoms with Crippen LogP contribution in [0.3, 0.4) is 0 Å². The van der Waals surface area contributed by atoms with Crippen molar-refractivity contribution in [3.63, 3.8) is 0 Å². The van der Waals surface area contributed by atoms with Crippen LogP contribution in [0, 0.1) is 0 Å². The van der Waals surface area contributed by atoms with Crippen LogP contribution in [0.5, 0.6) is 0 Å². The summed E-state index contributed by atoms with van der Waals surface area (Å²) >= 11 is 3.20. The highest BCUT2D eigenvalue weighted by Gasteiger charge is 2.22. The van der Waals surface area contributed by atoms with Crippen molar-refractivity contribution in [2.24, 2.45) is 0 Å². The van der Waals surface area contributed by atoms with Crippen molar-refractivity contribution in [3.8, 4) is 0 Å². The van der Waals surface area contributed by atoms with E-state index in [4.69, 9.17) is 0 Å². The normalized spacial score (nSPS) is 16.0. The summed E-state index contributed by atoms with van der Waals surface area (Å²) in [7, 11) is 0. The standard InChI is InChI=1S/C15H22N6OS2/c1-12(2)21-15(16-17-18-21)24-11-14(22)20-7-5-19(6-8-20)10-13-4-3-9-23-13/h3-4,9,12H,5-8,10-11H2,1-2H3. The fourth-order valence-corrected chi connectivity index (χ4v) is 4.26. The van der Waals surface area contributed by atoms with Crippen LogP contribution in [-0.2, 0) is 11.3 Å². The van der Waals surface area contributed by atoms with Crippen LogP contribution in [-0.4, -0.2) is 67.8 Å². The quantitative estimate of drug-likeness (QED) is 0.726. The molecule has 1 aliphatic heterocycles. The van der Waals surface area contributed by atoms with Gasteiger partial charge < -0.3 is 4.90 Å². The van der Waals surface area contributed by atoms with Gasteiger partial charge in [-0.15, -0.1) is 16.4 Å². The van der Waals surface area contributed by atoms with Gasteiger partial charge in [0, 0.05) is 37.6 Å². The minimum atomic E-state index is 0.161. The van der Waals surface area contributed by atoms with Gasteiger partial charge in [0.2, 0.25) is 11.1 Å². The smallest absolute Gasteiger partial charge is 0.233 e. The number of nitrogens with zero attached hydrogens (tertiary/aromatic N) is 6. The van der Waals surface area contributed by atoms with Crippen molar-refractivity contribution in [1.82, 2.24) is 30.0 Å². The molecule has 9 heteroatoms. The molecule has 0 aliphatic carbocycles. The fraction of sp³-hybridized carbons (Fsp3) is 0.600. The highest BCUT2D eigenvalue weighted by molar-refractivity contribution is 7.99. The molecule has 1 fully saturated rings. The van der Waals surface area contributed by atoms with Gasteiger partial charge >= 0.3 is 0 Å². The van der Waals surface area contributed by atoms with Crippen LogP contribution < -0.4 is 0 Å². The SMILES string of the molecule is CC(C)n1nnnc1SCC(=O)N1CCN(Cc2cccs2)CC1. The van der Waals surface area contributed by atoms with Gasteiger partial charge in [0.25, 0.3) is 0 Å². The predicted octanol–water partition coefficient (Wildman–Crippen LogP) is 1.75. The lowest BCUT2D eigenvalue weighted by Gasteiger charge is -2.34. The summed E-state index contributed by atoms with van der Waals surface area (Å²) in [4.78, 5) is 18.1. The number of carbonyl (C=O) groups excluding carboxylic acids is 1. The van der Waals surface area contributed by atoms with Gasteiger partial charge in [0.1, 0.15) is 0 Å². The molecule has 1 aliphatic rings. The minimum Gasteiger partial charge on any atom is -0.339 e. The summed E-state index contributed by atoms with van der Waals surface area (Å²) in [5.74, 6) is 0.548. The van der Waals surface area contributed by atoms with E-state index in [9.17, 15) is 4.79 Å². The summed E-state index contributed by atoms with van der Waals surface area (Å²) in [6, 6.07) is 4.44. The van der Waals surface area contributed by atoms with Crippen molar-refractivity contribution < 1.29 is 4.79 Å². The number of thiophene rings is 1. The van der Waals surface area contributed by atoms with E-state index in [0.29, 0.717) is 10.9 Å². The van der Waals surface area contributed by atoms with E-state index in [2.05, 4.69) is 37.9 Å². The first-order chi connectivity index (χ1) is 11.6. The summed E-state index contributed by atoms with van der Waals surface area (Å²) < 4.78 is 1.75. The molecule has 0 unspecified atom stereocenters. The maximum Gasteiger partial charge on any atom is 0.233 e. The Kier molecular flexibility index (Phi) is 5.85. The molecule has 0 radical (unpaired) electrons. The number of carbonyl (C=O) groups is 1. The zero-order chi connectivity index (χ0) is 16.9. The molecule has 0 bridgehead atoms. The van der Waals surface area contributed by atoms with Gasteiger partial charge in [-0.25, -0.2) is 4.68 Å². The number of thioether (sulfide) groups is 1. The third kappa shape index (κ3) is 4.34. The molecular formula is C15H22N6OS2. The van der Waals surface area contributed by atoms with Gasteiger partial charge in [-0.1, -0.05) is 17.8 Å². The maximum absolute atomic E-state index is 12.4. The molecule has 130 valence electrons. The zero-order valence-corrected chi connectivity index (χ0v) is 15.6. The Hall–Kier alpha value is -1.45. The Morgan fingerprint density at radius 1 is 1.33 bits per heavy atom. The van der Waals surface area contributed by atoms with Gasteiger partial charge in [0.15, 0.2) is 0 Å². The first-order valence-corrected chi connectivity index (χ1v) is 9.93. The summed E-state index contributed by atoms with van der Waals surface area (Å²) in [6.45, 7) is 8.47. The second kappa shape index (κ2) is 8.09. The summed E-state index contributed by atoms with van der Waals surface area (Å²) in [5.41, 5.74) is 0. The van der Waals surface area contributed by atoms with Gasteiger partial charge in [-0.05, 0) is 35.7 Å². The molecule has 0 atom stereocenters. The van der Waals surface area contributed by atoms with Gasteiger partial charge in [0.05, 0.1) is 11.8 Å². The van der Waals surface area contributed by atoms with Crippen molar-refractivity contribution in [1.29, 1.82) is 0 Å². The highest BCUT2D eigenvalue weighted by Crippen LogP contribution is 2.19. The van der Waals surface area contributed by atoms with E-state index >= 15 is 0 Å². The lowest BCUT2D eigenvalue weighted by atomic mass is 10.3. The molecular weight excluding hydrogens is 344 g/mol. The average molecular weight is 367 g/mol. The van der Waals surface area contributed by atoms with Crippen LogP contribution >= 0.6 is 23.1 Å². The Balaban J connectivity index is 1.44. The minimum absolute atomic E-state index is 0.161. The number of piperazine rings is 1. The molecule has 24 heavy (non-hydrogen) atoms. The third-order valence-corrected chi connectivity index (χ3v) is 5.74. The van der Waals surface area contributed by atoms with Crippen molar-refractivity contribution in [2.45, 2.75) is 31.6 Å². The molecule has 0 saturated carbocycles. The number of rotatable bonds is 6. The zero-order valence-electron chi connectivity index (χ0n) is 14.0. The number of hydrogen-bond donors (Lipinski definition) is 0. The van der Waals surface area contributed by atoms with E-state index in [0.717, 1.165) is 32.7 Å². The molecule has 0 aromatic carbocycles. The number of hydrogen-bond acceptors (Lipinski definition) is 7. The Morgan fingerprint density at radius 2 is 2.12 bits per heavy atom. The number of amides is 1. The van der Waals surface area contributed by atoms with Crippen molar-refractivity contribution >= 4 is 29.0 Å². The van der Waals surface area contributed by atoms with Crippen molar-refractivity contribution in [2.75, 3.05) is 31.9 Å². The Bertz CT molecular complexity index is 649. The second-order valence-electron chi connectivity index (χ2n) is 6.02. The molecule has 1 amide bonds. The van der Waals surface area contributed by atoms with Crippen LogP contribution in [0.1, 0.15) is 24.8 Å². The van der Waals surface area contributed by atoms with Crippen LogP contribution in [0.25, 0.3) is 0 Å². The van der Waals surface area contributed by atoms with Gasteiger partial charge in [-0.3, -0.25) is 9.69 Å². The van der Waals surface area contributed by atoms with E-state index in [-0.39, 0.29) is 11.9 Å². The molecule has 3 rings (SSSR count). The van der Waals surface area contributed by atoms with E-state index in [1.807, 2.05) is 18.7 Å². The molecule has 3 heterocycles. The lowest BCUT2D eigenvalue weighted by molar-refractivity contribution is -0.130. The van der Waals surface area contributed by atoms with Gasteiger partial charge in [-0.2, -0.15) is 0 Å². The predicted molar refractivity (Wildman–Crippen MR) is 95.1 cm³/mol. The molecule has 0 spiro atoms. The molecule has 2 aromatic heterocycles. The second-order valence-corrected chi connectivity index (χ2v) is 8.00. The average Bonchev–Trinajstić information content (AvgIpc) is 3.24. The fourth-order valence-electron chi connectivity index (χ4n) is 2.60. The maximum atomic E-state index is 12.4. The van der Waals surface area contributed by atoms with E-state index in [1.54, 1.807) is 16.0 Å². The topological polar surface area (TPSA) is 67.2 Å². The van der Waals surface area contributed by atoms with E-state index in [1.165, 1.54) is 16.6 Å². The molecule has 1 saturated heterocycles. The van der Waals surface area contributed by atoms with Crippen LogP contribution in [0.2, 0.25) is 0 Å². The Labute approximate surface area is 150 Å². The highest BCUT2D eigenvalue weighted by atomic mass is 32.2. The molecule has 0 N–H and O–H groups in total. The lowest BCUT2D eigenvalue weighted by Crippen LogP contribution is -2.48. The third-order valence-electron chi connectivity index (χ3n) is 3.96. The first-order valence-electron chi connectivity index (χ1n) is 8.06.